The number of carbonyl (C=O) groups is 2. The molecular weight excluding hydrogens is 236 g/mol. The molecule has 1 aliphatic carbocycles. The highest BCUT2D eigenvalue weighted by Crippen LogP contribution is 2.24. The molecule has 0 heterocycles. The summed E-state index contributed by atoms with van der Waals surface area (Å²) < 4.78 is 5.06. The second kappa shape index (κ2) is 7.92. The van der Waals surface area contributed by atoms with Crippen LogP contribution in [0.5, 0.6) is 0 Å². The Kier molecular flexibility index (Phi) is 6.49. The Balaban J connectivity index is 1.98. The standard InChI is InChI=1S/C12H22N2O4/c1-9-3-2-4-10(9)14-12(17)13-6-8-18-7-5-11(15)16/h9-10H,2-8H2,1H3,(H,15,16)(H2,13,14,17). The summed E-state index contributed by atoms with van der Waals surface area (Å²) in [6, 6.07) is 0.105. The second-order valence-electron chi connectivity index (χ2n) is 4.67. The molecule has 0 aliphatic heterocycles. The molecule has 104 valence electrons. The molecule has 2 unspecified atom stereocenters. The number of carboxylic acid groups (broad SMARTS) is 1. The van der Waals surface area contributed by atoms with E-state index in [4.69, 9.17) is 9.84 Å². The maximum atomic E-state index is 11.5. The lowest BCUT2D eigenvalue weighted by Gasteiger charge is -2.17. The number of carbonyl (C=O) groups excluding carboxylic acids is 1. The zero-order chi connectivity index (χ0) is 13.4. The van der Waals surface area contributed by atoms with Gasteiger partial charge in [0.2, 0.25) is 0 Å². The zero-order valence-corrected chi connectivity index (χ0v) is 10.8. The van der Waals surface area contributed by atoms with E-state index in [1.807, 2.05) is 0 Å². The van der Waals surface area contributed by atoms with Crippen LogP contribution in [0.4, 0.5) is 4.79 Å². The van der Waals surface area contributed by atoms with Gasteiger partial charge in [0.25, 0.3) is 0 Å². The fourth-order valence-electron chi connectivity index (χ4n) is 2.08. The van der Waals surface area contributed by atoms with Gasteiger partial charge >= 0.3 is 12.0 Å². The molecule has 6 heteroatoms. The van der Waals surface area contributed by atoms with Crippen LogP contribution in [-0.2, 0) is 9.53 Å². The third-order valence-corrected chi connectivity index (χ3v) is 3.17. The number of ether oxygens (including phenoxy) is 1. The maximum Gasteiger partial charge on any atom is 0.315 e. The number of hydrogen-bond acceptors (Lipinski definition) is 3. The highest BCUT2D eigenvalue weighted by Gasteiger charge is 2.24. The minimum absolute atomic E-state index is 0.00815. The molecule has 0 spiro atoms. The highest BCUT2D eigenvalue weighted by atomic mass is 16.5. The highest BCUT2D eigenvalue weighted by molar-refractivity contribution is 5.74. The molecule has 0 bridgehead atoms. The number of urea groups is 1. The summed E-state index contributed by atoms with van der Waals surface area (Å²) in [5.41, 5.74) is 0. The molecule has 6 nitrogen and oxygen atoms in total. The Labute approximate surface area is 107 Å². The summed E-state index contributed by atoms with van der Waals surface area (Å²) in [5.74, 6) is -0.335. The SMILES string of the molecule is CC1CCCC1NC(=O)NCCOCCC(=O)O. The summed E-state index contributed by atoms with van der Waals surface area (Å²) in [6.45, 7) is 3.05. The van der Waals surface area contributed by atoms with Crippen molar-refractivity contribution in [2.45, 2.75) is 38.6 Å². The van der Waals surface area contributed by atoms with Gasteiger partial charge in [-0.3, -0.25) is 4.79 Å². The molecule has 0 aromatic carbocycles. The molecule has 2 amide bonds. The normalized spacial score (nSPS) is 22.7. The molecule has 1 fully saturated rings. The molecule has 0 aromatic heterocycles. The van der Waals surface area contributed by atoms with Gasteiger partial charge in [0.15, 0.2) is 0 Å². The summed E-state index contributed by atoms with van der Waals surface area (Å²) in [5, 5.41) is 14.0. The smallest absolute Gasteiger partial charge is 0.315 e. The van der Waals surface area contributed by atoms with E-state index in [2.05, 4.69) is 17.6 Å². The largest absolute Gasteiger partial charge is 0.481 e. The van der Waals surface area contributed by atoms with Crippen molar-refractivity contribution in [3.8, 4) is 0 Å². The zero-order valence-electron chi connectivity index (χ0n) is 10.8. The van der Waals surface area contributed by atoms with Crippen molar-refractivity contribution < 1.29 is 19.4 Å². The Morgan fingerprint density at radius 2 is 2.11 bits per heavy atom. The Morgan fingerprint density at radius 3 is 2.72 bits per heavy atom. The molecule has 1 aliphatic rings. The van der Waals surface area contributed by atoms with E-state index in [0.717, 1.165) is 6.42 Å². The van der Waals surface area contributed by atoms with Gasteiger partial charge in [0, 0.05) is 12.6 Å². The van der Waals surface area contributed by atoms with Crippen LogP contribution in [-0.4, -0.2) is 42.9 Å². The lowest BCUT2D eigenvalue weighted by Crippen LogP contribution is -2.44. The number of amides is 2. The van der Waals surface area contributed by atoms with Gasteiger partial charge in [-0.1, -0.05) is 13.3 Å². The lowest BCUT2D eigenvalue weighted by atomic mass is 10.1. The number of hydrogen-bond donors (Lipinski definition) is 3. The minimum Gasteiger partial charge on any atom is -0.481 e. The first-order valence-corrected chi connectivity index (χ1v) is 6.43. The molecule has 0 aromatic rings. The van der Waals surface area contributed by atoms with Gasteiger partial charge in [-0.25, -0.2) is 4.79 Å². The molecule has 1 rings (SSSR count). The van der Waals surface area contributed by atoms with Gasteiger partial charge in [-0.2, -0.15) is 0 Å². The molecule has 0 saturated heterocycles. The van der Waals surface area contributed by atoms with Crippen molar-refractivity contribution in [2.24, 2.45) is 5.92 Å². The second-order valence-corrected chi connectivity index (χ2v) is 4.67. The summed E-state index contributed by atoms with van der Waals surface area (Å²) in [6.07, 6.45) is 3.38. The molecule has 2 atom stereocenters. The first-order valence-electron chi connectivity index (χ1n) is 6.43. The fraction of sp³-hybridized carbons (Fsp3) is 0.833. The van der Waals surface area contributed by atoms with Crippen LogP contribution < -0.4 is 10.6 Å². The van der Waals surface area contributed by atoms with Gasteiger partial charge < -0.3 is 20.5 Å². The van der Waals surface area contributed by atoms with E-state index >= 15 is 0 Å². The van der Waals surface area contributed by atoms with Crippen molar-refractivity contribution >= 4 is 12.0 Å². The van der Waals surface area contributed by atoms with Gasteiger partial charge in [-0.05, 0) is 18.8 Å². The third kappa shape index (κ3) is 5.86. The topological polar surface area (TPSA) is 87.7 Å². The van der Waals surface area contributed by atoms with Crippen molar-refractivity contribution in [3.63, 3.8) is 0 Å². The van der Waals surface area contributed by atoms with Crippen LogP contribution in [0.25, 0.3) is 0 Å². The minimum atomic E-state index is -0.879. The predicted molar refractivity (Wildman–Crippen MR) is 66.4 cm³/mol. The average Bonchev–Trinajstić information content (AvgIpc) is 2.69. The summed E-state index contributed by atoms with van der Waals surface area (Å²) in [7, 11) is 0. The Morgan fingerprint density at radius 1 is 1.33 bits per heavy atom. The van der Waals surface area contributed by atoms with Crippen molar-refractivity contribution in [1.29, 1.82) is 0 Å². The first-order chi connectivity index (χ1) is 8.59. The predicted octanol–water partition coefficient (Wildman–Crippen LogP) is 0.965. The van der Waals surface area contributed by atoms with Crippen LogP contribution in [0.1, 0.15) is 32.6 Å². The van der Waals surface area contributed by atoms with Crippen LogP contribution in [0.15, 0.2) is 0 Å². The van der Waals surface area contributed by atoms with Crippen molar-refractivity contribution in [1.82, 2.24) is 10.6 Å². The van der Waals surface area contributed by atoms with E-state index in [-0.39, 0.29) is 25.1 Å². The van der Waals surface area contributed by atoms with Crippen LogP contribution in [0, 0.1) is 5.92 Å². The van der Waals surface area contributed by atoms with E-state index in [9.17, 15) is 9.59 Å². The van der Waals surface area contributed by atoms with Crippen LogP contribution in [0.3, 0.4) is 0 Å². The molecular formula is C12H22N2O4. The van der Waals surface area contributed by atoms with E-state index in [1.54, 1.807) is 0 Å². The van der Waals surface area contributed by atoms with Crippen molar-refractivity contribution in [2.75, 3.05) is 19.8 Å². The number of aliphatic carboxylic acids is 1. The fourth-order valence-corrected chi connectivity index (χ4v) is 2.08. The van der Waals surface area contributed by atoms with E-state index < -0.39 is 5.97 Å². The summed E-state index contributed by atoms with van der Waals surface area (Å²) in [4.78, 5) is 21.7. The Hall–Kier alpha value is -1.30. The average molecular weight is 258 g/mol. The monoisotopic (exact) mass is 258 g/mol. The molecule has 3 N–H and O–H groups in total. The van der Waals surface area contributed by atoms with E-state index in [1.165, 1.54) is 12.8 Å². The van der Waals surface area contributed by atoms with Crippen LogP contribution in [0.2, 0.25) is 0 Å². The van der Waals surface area contributed by atoms with E-state index in [0.29, 0.717) is 19.1 Å². The van der Waals surface area contributed by atoms with Gasteiger partial charge in [-0.15, -0.1) is 0 Å². The quantitative estimate of drug-likeness (QED) is 0.594. The number of rotatable bonds is 7. The summed E-state index contributed by atoms with van der Waals surface area (Å²) >= 11 is 0. The third-order valence-electron chi connectivity index (χ3n) is 3.17. The lowest BCUT2D eigenvalue weighted by molar-refractivity contribution is -0.138. The molecule has 18 heavy (non-hydrogen) atoms. The van der Waals surface area contributed by atoms with Crippen molar-refractivity contribution in [3.05, 3.63) is 0 Å². The van der Waals surface area contributed by atoms with Gasteiger partial charge in [0.1, 0.15) is 0 Å². The number of carboxylic acids is 1. The van der Waals surface area contributed by atoms with Crippen LogP contribution >= 0.6 is 0 Å². The van der Waals surface area contributed by atoms with Gasteiger partial charge in [0.05, 0.1) is 19.6 Å². The first kappa shape index (κ1) is 14.8. The maximum absolute atomic E-state index is 11.5. The molecule has 1 saturated carbocycles. The Bertz CT molecular complexity index is 283. The number of nitrogens with one attached hydrogen (secondary N) is 2. The molecule has 0 radical (unpaired) electrons.